The summed E-state index contributed by atoms with van der Waals surface area (Å²) in [6, 6.07) is 9.79. The van der Waals surface area contributed by atoms with E-state index in [1.54, 1.807) is 41.3 Å². The van der Waals surface area contributed by atoms with Crippen LogP contribution >= 0.6 is 0 Å². The Morgan fingerprint density at radius 1 is 1.06 bits per heavy atom. The van der Waals surface area contributed by atoms with E-state index < -0.39 is 20.5 Å². The van der Waals surface area contributed by atoms with Gasteiger partial charge in [-0.1, -0.05) is 20.8 Å². The molecule has 0 spiro atoms. The first kappa shape index (κ1) is 24.3. The normalized spacial score (nSPS) is 17.8. The van der Waals surface area contributed by atoms with Gasteiger partial charge in [-0.2, -0.15) is 5.10 Å². The molecule has 2 saturated heterocycles. The molecule has 0 unspecified atom stereocenters. The van der Waals surface area contributed by atoms with Gasteiger partial charge >= 0.3 is 0 Å². The molecule has 2 aliphatic heterocycles. The minimum atomic E-state index is -3.56. The Labute approximate surface area is 200 Å². The maximum atomic E-state index is 13.3. The molecular formula is C24H31N5O4S. The molecule has 34 heavy (non-hydrogen) atoms. The molecule has 9 nitrogen and oxygen atoms in total. The monoisotopic (exact) mass is 485 g/mol. The number of aromatic nitrogens is 2. The number of amides is 2. The lowest BCUT2D eigenvalue weighted by molar-refractivity contribution is -0.140. The van der Waals surface area contributed by atoms with Crippen molar-refractivity contribution >= 4 is 33.2 Å². The van der Waals surface area contributed by atoms with Crippen molar-refractivity contribution in [3.05, 3.63) is 42.6 Å². The molecule has 1 aromatic heterocycles. The highest BCUT2D eigenvalue weighted by atomic mass is 32.2. The first-order chi connectivity index (χ1) is 16.1. The number of rotatable bonds is 5. The second kappa shape index (κ2) is 9.42. The van der Waals surface area contributed by atoms with E-state index in [-0.39, 0.29) is 22.6 Å². The third-order valence-electron chi connectivity index (χ3n) is 6.37. The van der Waals surface area contributed by atoms with E-state index in [1.165, 1.54) is 11.1 Å². The Bertz CT molecular complexity index is 1130. The van der Waals surface area contributed by atoms with E-state index in [0.29, 0.717) is 50.5 Å². The smallest absolute Gasteiger partial charge is 0.238 e. The lowest BCUT2D eigenvalue weighted by Gasteiger charge is -2.35. The van der Waals surface area contributed by atoms with Crippen LogP contribution in [0.2, 0.25) is 0 Å². The largest absolute Gasteiger partial charge is 0.342 e. The van der Waals surface area contributed by atoms with Gasteiger partial charge in [-0.3, -0.25) is 14.5 Å². The second-order valence-electron chi connectivity index (χ2n) is 9.89. The number of likely N-dealkylation sites (tertiary alicyclic amines) is 1. The average Bonchev–Trinajstić information content (AvgIpc) is 2.78. The topological polar surface area (TPSA) is 113 Å². The molecule has 2 fully saturated rings. The van der Waals surface area contributed by atoms with Crippen molar-refractivity contribution < 1.29 is 18.0 Å². The minimum absolute atomic E-state index is 0.0446. The summed E-state index contributed by atoms with van der Waals surface area (Å²) in [6.07, 6.45) is 2.35. The fourth-order valence-electron chi connectivity index (χ4n) is 4.25. The summed E-state index contributed by atoms with van der Waals surface area (Å²) in [6.45, 7) is 7.67. The van der Waals surface area contributed by atoms with Gasteiger partial charge in [0.05, 0.1) is 21.8 Å². The third-order valence-corrected chi connectivity index (χ3v) is 8.65. The Kier molecular flexibility index (Phi) is 6.73. The molecule has 0 aliphatic carbocycles. The number of sulfone groups is 1. The van der Waals surface area contributed by atoms with E-state index in [0.717, 1.165) is 0 Å². The molecule has 2 aliphatic rings. The van der Waals surface area contributed by atoms with Gasteiger partial charge in [0.15, 0.2) is 15.7 Å². The number of nitrogens with zero attached hydrogens (tertiary/aromatic N) is 4. The average molecular weight is 486 g/mol. The number of hydrogen-bond donors (Lipinski definition) is 1. The molecule has 10 heteroatoms. The maximum Gasteiger partial charge on any atom is 0.238 e. The Morgan fingerprint density at radius 2 is 1.71 bits per heavy atom. The number of benzene rings is 1. The van der Waals surface area contributed by atoms with Crippen LogP contribution in [0.15, 0.2) is 47.5 Å². The van der Waals surface area contributed by atoms with E-state index in [1.807, 2.05) is 20.8 Å². The van der Waals surface area contributed by atoms with E-state index in [2.05, 4.69) is 15.5 Å². The summed E-state index contributed by atoms with van der Waals surface area (Å²) in [5.74, 6) is 0.172. The summed E-state index contributed by atoms with van der Waals surface area (Å²) in [5.41, 5.74) is 0.0609. The van der Waals surface area contributed by atoms with E-state index in [9.17, 15) is 18.0 Å². The van der Waals surface area contributed by atoms with Crippen LogP contribution in [0, 0.1) is 11.3 Å². The van der Waals surface area contributed by atoms with E-state index >= 15 is 0 Å². The summed E-state index contributed by atoms with van der Waals surface area (Å²) in [4.78, 5) is 29.1. The summed E-state index contributed by atoms with van der Waals surface area (Å²) < 4.78 is 26.6. The first-order valence-corrected chi connectivity index (χ1v) is 13.1. The highest BCUT2D eigenvalue weighted by molar-refractivity contribution is 7.92. The third kappa shape index (κ3) is 4.83. The molecule has 3 heterocycles. The summed E-state index contributed by atoms with van der Waals surface area (Å²) >= 11 is 0. The Morgan fingerprint density at radius 3 is 2.21 bits per heavy atom. The Balaban J connectivity index is 1.52. The fourth-order valence-corrected chi connectivity index (χ4v) is 5.98. The van der Waals surface area contributed by atoms with Gasteiger partial charge in [-0.15, -0.1) is 5.10 Å². The molecule has 0 atom stereocenters. The molecule has 2 aromatic rings. The molecule has 182 valence electrons. The fraction of sp³-hybridized carbons (Fsp3) is 0.500. The predicted octanol–water partition coefficient (Wildman–Crippen LogP) is 2.17. The molecule has 0 radical (unpaired) electrons. The van der Waals surface area contributed by atoms with Crippen molar-refractivity contribution in [3.8, 4) is 0 Å². The number of carbonyl (C=O) groups excluding carboxylic acids is 2. The van der Waals surface area contributed by atoms with Crippen molar-refractivity contribution in [2.45, 2.75) is 43.8 Å². The van der Waals surface area contributed by atoms with Gasteiger partial charge in [0.25, 0.3) is 0 Å². The van der Waals surface area contributed by atoms with Crippen molar-refractivity contribution in [1.29, 1.82) is 0 Å². The number of piperidine rings is 1. The van der Waals surface area contributed by atoms with Crippen molar-refractivity contribution in [2.75, 3.05) is 31.1 Å². The number of carbonyl (C=O) groups is 2. The van der Waals surface area contributed by atoms with Gasteiger partial charge in [0, 0.05) is 37.8 Å². The first-order valence-electron chi connectivity index (χ1n) is 11.5. The zero-order valence-corrected chi connectivity index (χ0v) is 20.6. The number of anilines is 2. The van der Waals surface area contributed by atoms with Crippen LogP contribution in [-0.4, -0.2) is 66.8 Å². The molecule has 1 aromatic carbocycles. The molecule has 2 amide bonds. The van der Waals surface area contributed by atoms with Gasteiger partial charge < -0.3 is 10.2 Å². The quantitative estimate of drug-likeness (QED) is 0.691. The SMILES string of the molecule is CC(C)(C)C(=O)N1CCC(S(=O)(=O)c2ccc(N(C(=O)C3CNC3)c3cccnn3)cc2)CC1. The number of hydrogen-bond acceptors (Lipinski definition) is 7. The van der Waals surface area contributed by atoms with Crippen LogP contribution in [-0.2, 0) is 19.4 Å². The van der Waals surface area contributed by atoms with Crippen LogP contribution in [0.25, 0.3) is 0 Å². The van der Waals surface area contributed by atoms with Crippen LogP contribution < -0.4 is 10.2 Å². The highest BCUT2D eigenvalue weighted by Crippen LogP contribution is 2.31. The van der Waals surface area contributed by atoms with Crippen molar-refractivity contribution in [3.63, 3.8) is 0 Å². The standard InChI is InChI=1S/C24H31N5O4S/c1-24(2,3)23(31)28-13-10-20(11-14-28)34(32,33)19-8-6-18(7-9-19)29(21-5-4-12-26-27-21)22(30)17-15-25-16-17/h4-9,12,17,20,25H,10-11,13-16H2,1-3H3. The van der Waals surface area contributed by atoms with Crippen LogP contribution in [0.1, 0.15) is 33.6 Å². The number of nitrogens with one attached hydrogen (secondary N) is 1. The zero-order chi connectivity index (χ0) is 24.5. The minimum Gasteiger partial charge on any atom is -0.342 e. The van der Waals surface area contributed by atoms with Crippen LogP contribution in [0.5, 0.6) is 0 Å². The molecular weight excluding hydrogens is 454 g/mol. The summed E-state index contributed by atoms with van der Waals surface area (Å²) in [7, 11) is -3.56. The lowest BCUT2D eigenvalue weighted by atomic mass is 9.93. The lowest BCUT2D eigenvalue weighted by Crippen LogP contribution is -2.51. The zero-order valence-electron chi connectivity index (χ0n) is 19.8. The van der Waals surface area contributed by atoms with Gasteiger partial charge in [-0.05, 0) is 49.2 Å². The van der Waals surface area contributed by atoms with Crippen LogP contribution in [0.3, 0.4) is 0 Å². The second-order valence-corrected chi connectivity index (χ2v) is 12.1. The Hall–Kier alpha value is -2.85. The van der Waals surface area contributed by atoms with Crippen molar-refractivity contribution in [2.24, 2.45) is 11.3 Å². The van der Waals surface area contributed by atoms with Crippen LogP contribution in [0.4, 0.5) is 11.5 Å². The maximum absolute atomic E-state index is 13.3. The van der Waals surface area contributed by atoms with E-state index in [4.69, 9.17) is 0 Å². The van der Waals surface area contributed by atoms with Gasteiger partial charge in [0.2, 0.25) is 11.8 Å². The van der Waals surface area contributed by atoms with Gasteiger partial charge in [0.1, 0.15) is 0 Å². The molecule has 0 bridgehead atoms. The van der Waals surface area contributed by atoms with Gasteiger partial charge in [-0.25, -0.2) is 8.42 Å². The highest BCUT2D eigenvalue weighted by Gasteiger charge is 2.36. The summed E-state index contributed by atoms with van der Waals surface area (Å²) in [5, 5.41) is 10.5. The van der Waals surface area contributed by atoms with Crippen molar-refractivity contribution in [1.82, 2.24) is 20.4 Å². The molecule has 0 saturated carbocycles. The molecule has 4 rings (SSSR count). The molecule has 1 N–H and O–H groups in total. The predicted molar refractivity (Wildman–Crippen MR) is 128 cm³/mol.